The van der Waals surface area contributed by atoms with Gasteiger partial charge in [0.25, 0.3) is 0 Å². The van der Waals surface area contributed by atoms with Gasteiger partial charge in [0.1, 0.15) is 11.2 Å². The van der Waals surface area contributed by atoms with E-state index in [1.807, 2.05) is 24.3 Å². The molecule has 0 fully saturated rings. The largest absolute Gasteiger partial charge is 0.456 e. The molecule has 0 unspecified atom stereocenters. The second-order valence-corrected chi connectivity index (χ2v) is 11.1. The minimum atomic E-state index is 0.623. The van der Waals surface area contributed by atoms with Crippen LogP contribution in [0.15, 0.2) is 144 Å². The zero-order chi connectivity index (χ0) is 28.5. The van der Waals surface area contributed by atoms with Gasteiger partial charge in [0, 0.05) is 10.8 Å². The molecule has 0 bridgehead atoms. The van der Waals surface area contributed by atoms with Gasteiger partial charge in [-0.1, -0.05) is 109 Å². The van der Waals surface area contributed by atoms with Gasteiger partial charge >= 0.3 is 0 Å². The molecule has 0 saturated heterocycles. The highest BCUT2D eigenvalue weighted by Crippen LogP contribution is 2.57. The summed E-state index contributed by atoms with van der Waals surface area (Å²) in [6.07, 6.45) is 0. The number of nitriles is 1. The van der Waals surface area contributed by atoms with Crippen LogP contribution >= 0.6 is 0 Å². The molecule has 0 radical (unpaired) electrons. The molecule has 0 N–H and O–H groups in total. The summed E-state index contributed by atoms with van der Waals surface area (Å²) in [7, 11) is 0. The average molecular weight is 546 g/mol. The zero-order valence-corrected chi connectivity index (χ0v) is 23.1. The molecular formula is C41H23NO. The summed E-state index contributed by atoms with van der Waals surface area (Å²) >= 11 is 0. The van der Waals surface area contributed by atoms with Gasteiger partial charge in [-0.05, 0) is 96.7 Å². The van der Waals surface area contributed by atoms with Crippen molar-refractivity contribution in [3.63, 3.8) is 0 Å². The Morgan fingerprint density at radius 2 is 1.12 bits per heavy atom. The van der Waals surface area contributed by atoms with Crippen LogP contribution in [0.25, 0.3) is 88.3 Å². The van der Waals surface area contributed by atoms with Crippen molar-refractivity contribution >= 4 is 32.7 Å². The summed E-state index contributed by atoms with van der Waals surface area (Å²) in [5.41, 5.74) is 14.3. The molecule has 8 aromatic rings. The summed E-state index contributed by atoms with van der Waals surface area (Å²) in [5, 5.41) is 14.3. The maximum atomic E-state index is 9.93. The lowest BCUT2D eigenvalue weighted by molar-refractivity contribution is 0.669. The zero-order valence-electron chi connectivity index (χ0n) is 23.1. The van der Waals surface area contributed by atoms with Crippen LogP contribution < -0.4 is 0 Å². The van der Waals surface area contributed by atoms with Crippen molar-refractivity contribution in [2.24, 2.45) is 0 Å². The number of rotatable bonds is 3. The van der Waals surface area contributed by atoms with Crippen molar-refractivity contribution in [3.05, 3.63) is 145 Å². The number of benzene rings is 7. The molecule has 1 aromatic heterocycles. The van der Waals surface area contributed by atoms with E-state index in [-0.39, 0.29) is 0 Å². The molecule has 1 heterocycles. The average Bonchev–Trinajstić information content (AvgIpc) is 3.62. The quantitative estimate of drug-likeness (QED) is 0.221. The first-order valence-electron chi connectivity index (χ1n) is 14.5. The Balaban J connectivity index is 1.46. The van der Waals surface area contributed by atoms with Gasteiger partial charge in [-0.2, -0.15) is 5.26 Å². The third-order valence-electron chi connectivity index (χ3n) is 8.84. The molecule has 1 aliphatic rings. The van der Waals surface area contributed by atoms with Gasteiger partial charge in [-0.15, -0.1) is 0 Å². The van der Waals surface area contributed by atoms with Gasteiger partial charge in [-0.25, -0.2) is 0 Å². The molecule has 9 rings (SSSR count). The van der Waals surface area contributed by atoms with Crippen molar-refractivity contribution in [3.8, 4) is 61.7 Å². The maximum absolute atomic E-state index is 9.93. The lowest BCUT2D eigenvalue weighted by atomic mass is 9.82. The van der Waals surface area contributed by atoms with E-state index in [1.165, 1.54) is 55.3 Å². The molecule has 0 atom stereocenters. The second kappa shape index (κ2) is 9.05. The second-order valence-electron chi connectivity index (χ2n) is 11.1. The lowest BCUT2D eigenvalue weighted by Gasteiger charge is -2.21. The third kappa shape index (κ3) is 3.40. The van der Waals surface area contributed by atoms with Crippen LogP contribution in [-0.2, 0) is 0 Å². The van der Waals surface area contributed by atoms with E-state index >= 15 is 0 Å². The summed E-state index contributed by atoms with van der Waals surface area (Å²) in [5.74, 6) is 0. The van der Waals surface area contributed by atoms with Crippen LogP contribution in [0.1, 0.15) is 5.56 Å². The normalized spacial score (nSPS) is 11.7. The highest BCUT2D eigenvalue weighted by Gasteiger charge is 2.30. The van der Waals surface area contributed by atoms with Crippen LogP contribution in [0.2, 0.25) is 0 Å². The molecule has 0 amide bonds. The van der Waals surface area contributed by atoms with Crippen LogP contribution in [-0.4, -0.2) is 0 Å². The number of hydrogen-bond acceptors (Lipinski definition) is 2. The Hall–Kier alpha value is -5.91. The van der Waals surface area contributed by atoms with Crippen LogP contribution in [0.4, 0.5) is 0 Å². The van der Waals surface area contributed by atoms with Crippen molar-refractivity contribution < 1.29 is 4.42 Å². The first kappa shape index (κ1) is 23.8. The Morgan fingerprint density at radius 1 is 0.442 bits per heavy atom. The van der Waals surface area contributed by atoms with E-state index in [9.17, 15) is 5.26 Å². The summed E-state index contributed by atoms with van der Waals surface area (Å²) < 4.78 is 6.20. The fourth-order valence-electron chi connectivity index (χ4n) is 7.05. The van der Waals surface area contributed by atoms with Crippen LogP contribution in [0.3, 0.4) is 0 Å². The molecule has 1 aliphatic carbocycles. The molecule has 43 heavy (non-hydrogen) atoms. The fraction of sp³-hybridized carbons (Fsp3) is 0. The molecule has 0 spiro atoms. The lowest BCUT2D eigenvalue weighted by Crippen LogP contribution is -1.94. The minimum absolute atomic E-state index is 0.623. The van der Waals surface area contributed by atoms with E-state index in [0.29, 0.717) is 5.56 Å². The highest BCUT2D eigenvalue weighted by atomic mass is 16.3. The van der Waals surface area contributed by atoms with Crippen LogP contribution in [0, 0.1) is 11.3 Å². The Bertz CT molecular complexity index is 2440. The summed E-state index contributed by atoms with van der Waals surface area (Å²) in [6, 6.07) is 51.6. The van der Waals surface area contributed by atoms with E-state index in [1.54, 1.807) is 0 Å². The summed E-state index contributed by atoms with van der Waals surface area (Å²) in [6.45, 7) is 0. The number of hydrogen-bond donors (Lipinski definition) is 0. The van der Waals surface area contributed by atoms with Gasteiger partial charge < -0.3 is 4.42 Å². The highest BCUT2D eigenvalue weighted by molar-refractivity contribution is 6.23. The maximum Gasteiger partial charge on any atom is 0.136 e. The third-order valence-corrected chi connectivity index (χ3v) is 8.84. The van der Waals surface area contributed by atoms with E-state index in [0.717, 1.165) is 33.1 Å². The number of nitrogens with zero attached hydrogens (tertiary/aromatic N) is 1. The predicted octanol–water partition coefficient (Wildman–Crippen LogP) is 11.3. The molecule has 2 heteroatoms. The van der Waals surface area contributed by atoms with Crippen molar-refractivity contribution in [1.29, 1.82) is 5.26 Å². The first-order valence-corrected chi connectivity index (χ1v) is 14.5. The van der Waals surface area contributed by atoms with Crippen molar-refractivity contribution in [2.45, 2.75) is 0 Å². The molecule has 198 valence electrons. The standard InChI is InChI=1S/C41H23NO/c42-24-29-16-9-19-36-38(29)34-22-28(20-21-35(34)43-36)33-23-32(25-10-3-1-4-11-25)40-30-17-7-14-26-15-8-18-31(37(26)30)41(40)39(33)27-12-5-2-6-13-27/h1-23H. The van der Waals surface area contributed by atoms with E-state index in [4.69, 9.17) is 4.42 Å². The molecule has 7 aromatic carbocycles. The Kier molecular flexibility index (Phi) is 5.00. The first-order chi connectivity index (χ1) is 21.3. The monoisotopic (exact) mass is 545 g/mol. The molecular weight excluding hydrogens is 522 g/mol. The molecule has 2 nitrogen and oxygen atoms in total. The summed E-state index contributed by atoms with van der Waals surface area (Å²) in [4.78, 5) is 0. The topological polar surface area (TPSA) is 36.9 Å². The van der Waals surface area contributed by atoms with E-state index in [2.05, 4.69) is 121 Å². The van der Waals surface area contributed by atoms with Gasteiger partial charge in [0.2, 0.25) is 0 Å². The smallest absolute Gasteiger partial charge is 0.136 e. The number of furan rings is 1. The van der Waals surface area contributed by atoms with Gasteiger partial charge in [-0.3, -0.25) is 0 Å². The van der Waals surface area contributed by atoms with Crippen LogP contribution in [0.5, 0.6) is 0 Å². The Morgan fingerprint density at radius 3 is 1.86 bits per heavy atom. The van der Waals surface area contributed by atoms with Gasteiger partial charge in [0.05, 0.1) is 11.6 Å². The number of fused-ring (bicyclic) bond motifs is 6. The van der Waals surface area contributed by atoms with E-state index < -0.39 is 0 Å². The van der Waals surface area contributed by atoms with Crippen molar-refractivity contribution in [2.75, 3.05) is 0 Å². The Labute approximate surface area is 248 Å². The van der Waals surface area contributed by atoms with Gasteiger partial charge in [0.15, 0.2) is 0 Å². The molecule has 0 aliphatic heterocycles. The molecule has 0 saturated carbocycles. The van der Waals surface area contributed by atoms with Crippen molar-refractivity contribution in [1.82, 2.24) is 0 Å². The minimum Gasteiger partial charge on any atom is -0.456 e. The predicted molar refractivity (Wildman–Crippen MR) is 177 cm³/mol. The fourth-order valence-corrected chi connectivity index (χ4v) is 7.05. The SMILES string of the molecule is N#Cc1cccc2oc3ccc(-c4cc(-c5ccccc5)c5c(c4-c4ccccc4)-c4cccc6cccc-5c46)cc3c12.